The lowest BCUT2D eigenvalue weighted by Gasteiger charge is -2.12. The lowest BCUT2D eigenvalue weighted by atomic mass is 10.1. The summed E-state index contributed by atoms with van der Waals surface area (Å²) in [5, 5.41) is 4.00. The molecule has 0 saturated heterocycles. The second kappa shape index (κ2) is 6.00. The van der Waals surface area contributed by atoms with Gasteiger partial charge in [-0.1, -0.05) is 24.3 Å². The van der Waals surface area contributed by atoms with E-state index in [-0.39, 0.29) is 0 Å². The summed E-state index contributed by atoms with van der Waals surface area (Å²) in [6.45, 7) is 0. The van der Waals surface area contributed by atoms with E-state index >= 15 is 0 Å². The summed E-state index contributed by atoms with van der Waals surface area (Å²) in [6.07, 6.45) is 2.13. The summed E-state index contributed by atoms with van der Waals surface area (Å²) in [7, 11) is 0.469. The maximum atomic E-state index is 9.75. The molecule has 2 nitrogen and oxygen atoms in total. The van der Waals surface area contributed by atoms with Crippen molar-refractivity contribution in [3.05, 3.63) is 42.6 Å². The molecule has 0 radical (unpaired) electrons. The molecule has 0 aliphatic rings. The maximum absolute atomic E-state index is 9.75. The molecule has 0 spiro atoms. The molecule has 0 atom stereocenters. The Labute approximate surface area is 126 Å². The zero-order valence-electron chi connectivity index (χ0n) is 12.6. The Morgan fingerprint density at radius 2 is 1.50 bits per heavy atom. The molecule has 2 aromatic carbocycles. The van der Waals surface area contributed by atoms with E-state index in [4.69, 9.17) is 0 Å². The van der Waals surface area contributed by atoms with Crippen molar-refractivity contribution in [1.29, 1.82) is 0 Å². The Kier molecular flexibility index (Phi) is 4.46. The zero-order chi connectivity index (χ0) is 16.5. The minimum atomic E-state index is -6.00. The molecular weight excluding hydrogens is 295 g/mol. The fourth-order valence-corrected chi connectivity index (χ4v) is 2.57. The summed E-state index contributed by atoms with van der Waals surface area (Å²) in [5.41, 5.74) is 2.69. The molecule has 0 unspecified atom stereocenters. The van der Waals surface area contributed by atoms with E-state index in [1.807, 2.05) is 0 Å². The van der Waals surface area contributed by atoms with E-state index in [0.29, 0.717) is 0 Å². The molecule has 1 aromatic heterocycles. The van der Waals surface area contributed by atoms with Crippen molar-refractivity contribution in [2.24, 2.45) is 7.05 Å². The summed E-state index contributed by atoms with van der Waals surface area (Å²) >= 11 is 0. The van der Waals surface area contributed by atoms with E-state index in [1.165, 1.54) is 32.3 Å². The molecule has 118 valence electrons. The SMILES string of the molecule is Cn1ccc2ccc3cccc([NH+](C)C)c3c21.F[B-](F)(F)F. The molecular formula is C15H17BF4N2. The van der Waals surface area contributed by atoms with E-state index in [1.54, 1.807) is 0 Å². The van der Waals surface area contributed by atoms with E-state index < -0.39 is 7.25 Å². The third-order valence-corrected chi connectivity index (χ3v) is 3.42. The first-order valence-electron chi connectivity index (χ1n) is 6.83. The Morgan fingerprint density at radius 1 is 0.909 bits per heavy atom. The average Bonchev–Trinajstić information content (AvgIpc) is 2.78. The number of hydrogen-bond donors (Lipinski definition) is 1. The lowest BCUT2D eigenvalue weighted by molar-refractivity contribution is -0.785. The van der Waals surface area contributed by atoms with Gasteiger partial charge in [0.1, 0.15) is 5.69 Å². The van der Waals surface area contributed by atoms with Crippen LogP contribution in [0.15, 0.2) is 42.6 Å². The van der Waals surface area contributed by atoms with Crippen LogP contribution < -0.4 is 4.90 Å². The Hall–Kier alpha value is -2.02. The molecule has 0 amide bonds. The van der Waals surface area contributed by atoms with Crippen molar-refractivity contribution in [2.45, 2.75) is 0 Å². The molecule has 1 N–H and O–H groups in total. The van der Waals surface area contributed by atoms with Gasteiger partial charge in [-0.2, -0.15) is 0 Å². The van der Waals surface area contributed by atoms with Crippen molar-refractivity contribution < 1.29 is 22.2 Å². The molecule has 3 aromatic rings. The van der Waals surface area contributed by atoms with Gasteiger partial charge in [0.25, 0.3) is 0 Å². The first kappa shape index (κ1) is 16.4. The number of benzene rings is 2. The van der Waals surface area contributed by atoms with Crippen LogP contribution in [0.2, 0.25) is 0 Å². The van der Waals surface area contributed by atoms with Gasteiger partial charge in [-0.3, -0.25) is 0 Å². The highest BCUT2D eigenvalue weighted by atomic mass is 19.5. The van der Waals surface area contributed by atoms with E-state index in [0.717, 1.165) is 0 Å². The summed E-state index contributed by atoms with van der Waals surface area (Å²) < 4.78 is 41.2. The molecule has 0 aliphatic heterocycles. The molecule has 0 fully saturated rings. The van der Waals surface area contributed by atoms with Crippen molar-refractivity contribution >= 4 is 34.6 Å². The number of rotatable bonds is 1. The second-order valence-electron chi connectivity index (χ2n) is 5.33. The Balaban J connectivity index is 0.000000309. The van der Waals surface area contributed by atoms with Gasteiger partial charge < -0.3 is 26.7 Å². The number of nitrogens with zero attached hydrogens (tertiary/aromatic N) is 1. The van der Waals surface area contributed by atoms with Crippen molar-refractivity contribution in [3.8, 4) is 0 Å². The number of quaternary nitrogens is 1. The third kappa shape index (κ3) is 3.60. The van der Waals surface area contributed by atoms with Gasteiger partial charge in [0.2, 0.25) is 0 Å². The van der Waals surface area contributed by atoms with Gasteiger partial charge in [-0.25, -0.2) is 0 Å². The number of nitrogens with one attached hydrogen (secondary N) is 1. The largest absolute Gasteiger partial charge is 0.673 e. The van der Waals surface area contributed by atoms with E-state index in [9.17, 15) is 17.3 Å². The molecule has 22 heavy (non-hydrogen) atoms. The number of aromatic nitrogens is 1. The van der Waals surface area contributed by atoms with Gasteiger partial charge in [0, 0.05) is 18.6 Å². The summed E-state index contributed by atoms with van der Waals surface area (Å²) in [5.74, 6) is 0. The maximum Gasteiger partial charge on any atom is 0.673 e. The van der Waals surface area contributed by atoms with Crippen LogP contribution in [0.5, 0.6) is 0 Å². The predicted octanol–water partition coefficient (Wildman–Crippen LogP) is 3.41. The molecule has 7 heteroatoms. The minimum absolute atomic E-state index is 1.31. The Bertz CT molecular complexity index is 787. The minimum Gasteiger partial charge on any atom is -0.418 e. The normalized spacial score (nSPS) is 11.8. The van der Waals surface area contributed by atoms with Crippen molar-refractivity contribution in [3.63, 3.8) is 0 Å². The highest BCUT2D eigenvalue weighted by Gasteiger charge is 2.20. The first-order chi connectivity index (χ1) is 10.2. The van der Waals surface area contributed by atoms with Crippen molar-refractivity contribution in [2.75, 3.05) is 14.1 Å². The number of aryl methyl sites for hydroxylation is 1. The van der Waals surface area contributed by atoms with Crippen LogP contribution in [-0.4, -0.2) is 25.9 Å². The van der Waals surface area contributed by atoms with Gasteiger partial charge in [-0.15, -0.1) is 0 Å². The van der Waals surface area contributed by atoms with Crippen LogP contribution in [0.1, 0.15) is 0 Å². The topological polar surface area (TPSA) is 9.37 Å². The van der Waals surface area contributed by atoms with Gasteiger partial charge in [-0.05, 0) is 17.5 Å². The van der Waals surface area contributed by atoms with Crippen LogP contribution in [-0.2, 0) is 7.05 Å². The van der Waals surface area contributed by atoms with Crippen LogP contribution in [0, 0.1) is 0 Å². The molecule has 1 heterocycles. The standard InChI is InChI=1S/C15H16N2.BF4/c1-16(2)13-6-4-5-11-7-8-12-9-10-17(3)15(12)14(11)13;2-1(3,4)5/h4-10H,1-3H3;/q;-1/p+1. The summed E-state index contributed by atoms with van der Waals surface area (Å²) in [6, 6.07) is 13.1. The van der Waals surface area contributed by atoms with Gasteiger partial charge in [0.05, 0.1) is 25.0 Å². The lowest BCUT2D eigenvalue weighted by Crippen LogP contribution is -3.00. The highest BCUT2D eigenvalue weighted by Crippen LogP contribution is 2.29. The van der Waals surface area contributed by atoms with Gasteiger partial charge in [0.15, 0.2) is 0 Å². The fraction of sp³-hybridized carbons (Fsp3) is 0.200. The Morgan fingerprint density at radius 3 is 2.09 bits per heavy atom. The highest BCUT2D eigenvalue weighted by molar-refractivity contribution is 6.50. The van der Waals surface area contributed by atoms with E-state index in [2.05, 4.69) is 68.3 Å². The van der Waals surface area contributed by atoms with Crippen molar-refractivity contribution in [1.82, 2.24) is 4.57 Å². The summed E-state index contributed by atoms with van der Waals surface area (Å²) in [4.78, 5) is 1.37. The second-order valence-corrected chi connectivity index (χ2v) is 5.33. The number of fused-ring (bicyclic) bond motifs is 3. The quantitative estimate of drug-likeness (QED) is 0.521. The number of halogens is 4. The van der Waals surface area contributed by atoms with Crippen LogP contribution >= 0.6 is 0 Å². The zero-order valence-corrected chi connectivity index (χ0v) is 12.6. The smallest absolute Gasteiger partial charge is 0.418 e. The van der Waals surface area contributed by atoms with Crippen LogP contribution in [0.25, 0.3) is 21.7 Å². The molecule has 0 bridgehead atoms. The third-order valence-electron chi connectivity index (χ3n) is 3.42. The monoisotopic (exact) mass is 312 g/mol. The first-order valence-corrected chi connectivity index (χ1v) is 6.83. The molecule has 0 aliphatic carbocycles. The predicted molar refractivity (Wildman–Crippen MR) is 83.1 cm³/mol. The van der Waals surface area contributed by atoms with Crippen LogP contribution in [0.4, 0.5) is 23.0 Å². The number of hydrogen-bond acceptors (Lipinski definition) is 0. The molecule has 3 rings (SSSR count). The average molecular weight is 312 g/mol. The van der Waals surface area contributed by atoms with Gasteiger partial charge >= 0.3 is 7.25 Å². The van der Waals surface area contributed by atoms with Crippen LogP contribution in [0.3, 0.4) is 0 Å². The molecule has 0 saturated carbocycles. The fourth-order valence-electron chi connectivity index (χ4n) is 2.57.